The van der Waals surface area contributed by atoms with E-state index >= 15 is 0 Å². The van der Waals surface area contributed by atoms with Gasteiger partial charge in [-0.15, -0.1) is 0 Å². The van der Waals surface area contributed by atoms with E-state index in [2.05, 4.69) is 10.4 Å². The van der Waals surface area contributed by atoms with Crippen molar-refractivity contribution in [1.29, 1.82) is 0 Å². The Balaban J connectivity index is 1.56. The minimum atomic E-state index is -0.967. The molecule has 34 heavy (non-hydrogen) atoms. The molecule has 3 N–H and O–H groups in total. The van der Waals surface area contributed by atoms with Gasteiger partial charge in [-0.2, -0.15) is 5.10 Å². The lowest BCUT2D eigenvalue weighted by atomic mass is 9.99. The van der Waals surface area contributed by atoms with Gasteiger partial charge in [0.25, 0.3) is 0 Å². The number of benzene rings is 3. The van der Waals surface area contributed by atoms with Gasteiger partial charge in [-0.25, -0.2) is 4.68 Å². The number of phenolic OH excluding ortho intramolecular Hbond substituents is 1. The van der Waals surface area contributed by atoms with Crippen LogP contribution in [0, 0.1) is 0 Å². The third kappa shape index (κ3) is 4.32. The van der Waals surface area contributed by atoms with Crippen molar-refractivity contribution in [1.82, 2.24) is 9.78 Å². The van der Waals surface area contributed by atoms with Crippen molar-refractivity contribution in [2.75, 3.05) is 18.5 Å². The first-order valence-electron chi connectivity index (χ1n) is 11.2. The Kier molecular flexibility index (Phi) is 6.13. The number of hydrogen-bond acceptors (Lipinski definition) is 5. The van der Waals surface area contributed by atoms with Crippen LogP contribution < -0.4 is 5.32 Å². The average molecular weight is 478 g/mol. The van der Waals surface area contributed by atoms with Crippen LogP contribution in [0.15, 0.2) is 60.7 Å². The summed E-state index contributed by atoms with van der Waals surface area (Å²) in [5.41, 5.74) is 4.14. The van der Waals surface area contributed by atoms with Crippen LogP contribution in [0.4, 0.5) is 5.82 Å². The molecule has 1 fully saturated rings. The number of nitrogens with zero attached hydrogens (tertiary/aromatic N) is 2. The Bertz CT molecular complexity index is 1340. The quantitative estimate of drug-likeness (QED) is 0.318. The number of aliphatic carboxylic acids is 1. The van der Waals surface area contributed by atoms with Crippen LogP contribution in [0.25, 0.3) is 33.2 Å². The van der Waals surface area contributed by atoms with Crippen LogP contribution >= 0.6 is 11.6 Å². The van der Waals surface area contributed by atoms with E-state index in [9.17, 15) is 9.90 Å². The first-order chi connectivity index (χ1) is 16.5. The maximum absolute atomic E-state index is 11.2. The van der Waals surface area contributed by atoms with Crippen molar-refractivity contribution in [2.24, 2.45) is 0 Å². The van der Waals surface area contributed by atoms with E-state index in [1.165, 1.54) is 0 Å². The minimum absolute atomic E-state index is 0.212. The smallest absolute Gasteiger partial charge is 0.322 e. The number of hydrogen-bond donors (Lipinski definition) is 3. The van der Waals surface area contributed by atoms with Crippen molar-refractivity contribution in [2.45, 2.75) is 25.5 Å². The number of aromatic nitrogens is 2. The molecular weight excluding hydrogens is 454 g/mol. The number of halogens is 1. The van der Waals surface area contributed by atoms with Gasteiger partial charge < -0.3 is 20.3 Å². The SMILES string of the molecule is O=C(O)CNc1nn(C2CCCCO2)c2cc(Cl)c(-c3ccc(-c4ccccc4O)cc3)cc12. The van der Waals surface area contributed by atoms with Crippen molar-refractivity contribution < 1.29 is 19.7 Å². The summed E-state index contributed by atoms with van der Waals surface area (Å²) in [4.78, 5) is 11.2. The number of carbonyl (C=O) groups is 1. The van der Waals surface area contributed by atoms with Crippen molar-refractivity contribution in [3.05, 3.63) is 65.7 Å². The van der Waals surface area contributed by atoms with E-state index in [-0.39, 0.29) is 18.5 Å². The van der Waals surface area contributed by atoms with E-state index in [1.54, 1.807) is 16.8 Å². The number of para-hydroxylation sites is 1. The van der Waals surface area contributed by atoms with E-state index in [0.717, 1.165) is 52.4 Å². The Hall–Kier alpha value is -3.55. The number of carboxylic acid groups (broad SMARTS) is 1. The molecule has 1 saturated heterocycles. The molecule has 0 spiro atoms. The zero-order valence-corrected chi connectivity index (χ0v) is 19.1. The normalized spacial score (nSPS) is 16.0. The second-order valence-corrected chi connectivity index (χ2v) is 8.71. The van der Waals surface area contributed by atoms with Crippen molar-refractivity contribution >= 4 is 34.3 Å². The number of ether oxygens (including phenoxy) is 1. The van der Waals surface area contributed by atoms with E-state index in [0.29, 0.717) is 17.4 Å². The Morgan fingerprint density at radius 2 is 1.82 bits per heavy atom. The number of carboxylic acids is 1. The highest BCUT2D eigenvalue weighted by molar-refractivity contribution is 6.34. The summed E-state index contributed by atoms with van der Waals surface area (Å²) in [6.07, 6.45) is 2.68. The summed E-state index contributed by atoms with van der Waals surface area (Å²) in [5, 5.41) is 28.2. The number of fused-ring (bicyclic) bond motifs is 1. The molecule has 0 bridgehead atoms. The molecule has 8 heteroatoms. The molecule has 1 unspecified atom stereocenters. The monoisotopic (exact) mass is 477 g/mol. The van der Waals surface area contributed by atoms with E-state index in [4.69, 9.17) is 21.4 Å². The van der Waals surface area contributed by atoms with Gasteiger partial charge in [-0.05, 0) is 48.6 Å². The molecule has 0 saturated carbocycles. The fourth-order valence-electron chi connectivity index (χ4n) is 4.35. The van der Waals surface area contributed by atoms with Crippen molar-refractivity contribution in [3.63, 3.8) is 0 Å². The molecule has 3 aromatic carbocycles. The van der Waals surface area contributed by atoms with Gasteiger partial charge in [-0.3, -0.25) is 4.79 Å². The molecule has 1 aliphatic rings. The van der Waals surface area contributed by atoms with E-state index in [1.807, 2.05) is 48.5 Å². The Morgan fingerprint density at radius 3 is 2.50 bits per heavy atom. The molecule has 0 radical (unpaired) electrons. The standard InChI is InChI=1S/C26H24ClN3O4/c27-21-14-22-20(26(28-15-25(32)33)29-30(22)24-7-3-4-12-34-24)13-19(21)17-10-8-16(9-11-17)18-5-1-2-6-23(18)31/h1-2,5-6,8-11,13-14,24,31H,3-4,7,12,15H2,(H,28,29)(H,32,33). The highest BCUT2D eigenvalue weighted by Gasteiger charge is 2.23. The lowest BCUT2D eigenvalue weighted by molar-refractivity contribution is -0.134. The van der Waals surface area contributed by atoms with Crippen LogP contribution in [0.5, 0.6) is 5.75 Å². The van der Waals surface area contributed by atoms with Crippen LogP contribution in [0.2, 0.25) is 5.02 Å². The molecule has 5 rings (SSSR count). The lowest BCUT2D eigenvalue weighted by Gasteiger charge is -2.23. The highest BCUT2D eigenvalue weighted by Crippen LogP contribution is 2.38. The number of rotatable bonds is 6. The molecule has 174 valence electrons. The van der Waals surface area contributed by atoms with Gasteiger partial charge in [0, 0.05) is 23.1 Å². The van der Waals surface area contributed by atoms with Crippen LogP contribution in [-0.2, 0) is 9.53 Å². The summed E-state index contributed by atoms with van der Waals surface area (Å²) in [5.74, 6) is -0.262. The number of phenols is 1. The molecule has 4 aromatic rings. The third-order valence-electron chi connectivity index (χ3n) is 6.04. The van der Waals surface area contributed by atoms with E-state index < -0.39 is 5.97 Å². The molecular formula is C26H24ClN3O4. The Morgan fingerprint density at radius 1 is 1.09 bits per heavy atom. The zero-order chi connectivity index (χ0) is 23.7. The first-order valence-corrected chi connectivity index (χ1v) is 11.6. The average Bonchev–Trinajstić information content (AvgIpc) is 3.20. The summed E-state index contributed by atoms with van der Waals surface area (Å²) in [7, 11) is 0. The zero-order valence-electron chi connectivity index (χ0n) is 18.4. The predicted octanol–water partition coefficient (Wildman–Crippen LogP) is 5.92. The highest BCUT2D eigenvalue weighted by atomic mass is 35.5. The molecule has 7 nitrogen and oxygen atoms in total. The minimum Gasteiger partial charge on any atom is -0.507 e. The van der Waals surface area contributed by atoms with Gasteiger partial charge in [0.05, 0.1) is 10.5 Å². The van der Waals surface area contributed by atoms with Crippen LogP contribution in [0.3, 0.4) is 0 Å². The van der Waals surface area contributed by atoms with Gasteiger partial charge >= 0.3 is 5.97 Å². The second kappa shape index (κ2) is 9.37. The second-order valence-electron chi connectivity index (χ2n) is 8.31. The Labute approximate surface area is 201 Å². The van der Waals surface area contributed by atoms with Crippen LogP contribution in [0.1, 0.15) is 25.5 Å². The van der Waals surface area contributed by atoms with Crippen molar-refractivity contribution in [3.8, 4) is 28.0 Å². The molecule has 0 aliphatic carbocycles. The number of anilines is 1. The van der Waals surface area contributed by atoms with Gasteiger partial charge in [-0.1, -0.05) is 54.1 Å². The molecule has 1 atom stereocenters. The fourth-order valence-corrected chi connectivity index (χ4v) is 4.62. The number of nitrogens with one attached hydrogen (secondary N) is 1. The van der Waals surface area contributed by atoms with Gasteiger partial charge in [0.15, 0.2) is 12.0 Å². The molecule has 1 aromatic heterocycles. The molecule has 1 aliphatic heterocycles. The molecule has 2 heterocycles. The summed E-state index contributed by atoms with van der Waals surface area (Å²) in [6, 6.07) is 18.8. The van der Waals surface area contributed by atoms with Gasteiger partial charge in [0.2, 0.25) is 0 Å². The topological polar surface area (TPSA) is 96.6 Å². The van der Waals surface area contributed by atoms with Crippen LogP contribution in [-0.4, -0.2) is 39.1 Å². The largest absolute Gasteiger partial charge is 0.507 e. The summed E-state index contributed by atoms with van der Waals surface area (Å²) < 4.78 is 7.72. The number of aromatic hydroxyl groups is 1. The molecule has 0 amide bonds. The maximum atomic E-state index is 11.2. The fraction of sp³-hybridized carbons (Fsp3) is 0.231. The summed E-state index contributed by atoms with van der Waals surface area (Å²) in [6.45, 7) is 0.421. The predicted molar refractivity (Wildman–Crippen MR) is 132 cm³/mol. The maximum Gasteiger partial charge on any atom is 0.322 e. The van der Waals surface area contributed by atoms with Gasteiger partial charge in [0.1, 0.15) is 12.3 Å². The first kappa shape index (κ1) is 22.3. The lowest BCUT2D eigenvalue weighted by Crippen LogP contribution is -2.19. The third-order valence-corrected chi connectivity index (χ3v) is 6.35. The summed E-state index contributed by atoms with van der Waals surface area (Å²) >= 11 is 6.73.